The van der Waals surface area contributed by atoms with E-state index >= 15 is 0 Å². The van der Waals surface area contributed by atoms with Gasteiger partial charge in [0.05, 0.1) is 6.61 Å². The quantitative estimate of drug-likeness (QED) is 0.703. The Morgan fingerprint density at radius 3 is 2.22 bits per heavy atom. The van der Waals surface area contributed by atoms with Crippen molar-refractivity contribution in [3.8, 4) is 5.75 Å². The summed E-state index contributed by atoms with van der Waals surface area (Å²) in [6, 6.07) is 14.5. The van der Waals surface area contributed by atoms with Crippen LogP contribution >= 0.6 is 0 Å². The monoisotopic (exact) mass is 311 g/mol. The van der Waals surface area contributed by atoms with Crippen LogP contribution in [0.15, 0.2) is 42.5 Å². The molecule has 2 aromatic rings. The zero-order valence-corrected chi connectivity index (χ0v) is 14.6. The van der Waals surface area contributed by atoms with Gasteiger partial charge in [-0.1, -0.05) is 35.9 Å². The molecule has 0 spiro atoms. The molecule has 2 N–H and O–H groups in total. The Hall–Kier alpha value is -1.80. The molecule has 2 aromatic carbocycles. The second kappa shape index (κ2) is 8.73. The number of hydrogen-bond donors (Lipinski definition) is 1. The molecule has 2 heteroatoms. The van der Waals surface area contributed by atoms with Crippen LogP contribution in [-0.4, -0.2) is 13.2 Å². The van der Waals surface area contributed by atoms with Crippen molar-refractivity contribution in [2.45, 2.75) is 46.0 Å². The molecule has 0 aliphatic carbocycles. The van der Waals surface area contributed by atoms with Crippen LogP contribution < -0.4 is 10.5 Å². The molecule has 0 aliphatic heterocycles. The summed E-state index contributed by atoms with van der Waals surface area (Å²) in [4.78, 5) is 0. The molecule has 0 heterocycles. The summed E-state index contributed by atoms with van der Waals surface area (Å²) in [5, 5.41) is 0. The Morgan fingerprint density at radius 1 is 0.957 bits per heavy atom. The van der Waals surface area contributed by atoms with Gasteiger partial charge in [0, 0.05) is 0 Å². The van der Waals surface area contributed by atoms with E-state index < -0.39 is 0 Å². The average Bonchev–Trinajstić information content (AvgIpc) is 2.53. The highest BCUT2D eigenvalue weighted by Crippen LogP contribution is 2.28. The molecule has 0 saturated heterocycles. The van der Waals surface area contributed by atoms with Crippen molar-refractivity contribution in [3.05, 3.63) is 64.7 Å². The van der Waals surface area contributed by atoms with Gasteiger partial charge in [0.15, 0.2) is 0 Å². The minimum atomic E-state index is 0.451. The fraction of sp³-hybridized carbons (Fsp3) is 0.429. The van der Waals surface area contributed by atoms with Crippen LogP contribution in [0.25, 0.3) is 0 Å². The summed E-state index contributed by atoms with van der Waals surface area (Å²) in [6.07, 6.45) is 3.33. The first-order chi connectivity index (χ1) is 11.1. The van der Waals surface area contributed by atoms with Gasteiger partial charge in [0.1, 0.15) is 5.75 Å². The average molecular weight is 311 g/mol. The Bertz CT molecular complexity index is 583. The number of hydrogen-bond acceptors (Lipinski definition) is 2. The van der Waals surface area contributed by atoms with Crippen molar-refractivity contribution in [1.82, 2.24) is 0 Å². The lowest BCUT2D eigenvalue weighted by Crippen LogP contribution is -2.15. The van der Waals surface area contributed by atoms with Gasteiger partial charge in [-0.25, -0.2) is 0 Å². The molecular weight excluding hydrogens is 282 g/mol. The highest BCUT2D eigenvalue weighted by atomic mass is 16.5. The molecule has 0 saturated carbocycles. The topological polar surface area (TPSA) is 35.2 Å². The van der Waals surface area contributed by atoms with E-state index in [1.165, 1.54) is 22.3 Å². The Morgan fingerprint density at radius 2 is 1.61 bits per heavy atom. The van der Waals surface area contributed by atoms with Crippen LogP contribution in [0.1, 0.15) is 47.4 Å². The van der Waals surface area contributed by atoms with Gasteiger partial charge in [-0.15, -0.1) is 0 Å². The molecule has 0 bridgehead atoms. The summed E-state index contributed by atoms with van der Waals surface area (Å²) in [5.74, 6) is 1.40. The maximum absolute atomic E-state index is 6.06. The van der Waals surface area contributed by atoms with Crippen molar-refractivity contribution < 1.29 is 4.74 Å². The number of nitrogens with two attached hydrogens (primary N) is 1. The van der Waals surface area contributed by atoms with Gasteiger partial charge >= 0.3 is 0 Å². The predicted octanol–water partition coefficient (Wildman–Crippen LogP) is 4.90. The fourth-order valence-electron chi connectivity index (χ4n) is 3.41. The van der Waals surface area contributed by atoms with E-state index in [0.29, 0.717) is 12.5 Å². The number of rotatable bonds is 8. The maximum atomic E-state index is 6.06. The van der Waals surface area contributed by atoms with E-state index in [-0.39, 0.29) is 0 Å². The lowest BCUT2D eigenvalue weighted by molar-refractivity contribution is 0.303. The lowest BCUT2D eigenvalue weighted by Gasteiger charge is -2.21. The van der Waals surface area contributed by atoms with Crippen LogP contribution in [0.5, 0.6) is 5.75 Å². The number of aryl methyl sites for hydroxylation is 3. The third-order valence-electron chi connectivity index (χ3n) is 4.39. The van der Waals surface area contributed by atoms with Crippen molar-refractivity contribution in [3.63, 3.8) is 0 Å². The second-order valence-corrected chi connectivity index (χ2v) is 6.40. The minimum Gasteiger partial charge on any atom is -0.494 e. The fourth-order valence-corrected chi connectivity index (χ4v) is 3.41. The van der Waals surface area contributed by atoms with Gasteiger partial charge in [-0.2, -0.15) is 0 Å². The zero-order valence-electron chi connectivity index (χ0n) is 14.6. The summed E-state index contributed by atoms with van der Waals surface area (Å²) >= 11 is 0. The van der Waals surface area contributed by atoms with Gasteiger partial charge in [0.2, 0.25) is 0 Å². The summed E-state index contributed by atoms with van der Waals surface area (Å²) < 4.78 is 5.76. The number of unbranched alkanes of at least 4 members (excludes halogenated alkanes) is 1. The van der Waals surface area contributed by atoms with E-state index in [9.17, 15) is 0 Å². The molecule has 0 aliphatic rings. The van der Waals surface area contributed by atoms with E-state index in [0.717, 1.165) is 31.6 Å². The van der Waals surface area contributed by atoms with Crippen LogP contribution in [0, 0.1) is 20.8 Å². The Balaban J connectivity index is 1.84. The first kappa shape index (κ1) is 17.6. The van der Waals surface area contributed by atoms with Crippen molar-refractivity contribution in [1.29, 1.82) is 0 Å². The molecule has 0 amide bonds. The lowest BCUT2D eigenvalue weighted by atomic mass is 9.86. The van der Waals surface area contributed by atoms with Crippen molar-refractivity contribution in [2.24, 2.45) is 5.73 Å². The minimum absolute atomic E-state index is 0.451. The summed E-state index contributed by atoms with van der Waals surface area (Å²) in [6.45, 7) is 8.05. The summed E-state index contributed by atoms with van der Waals surface area (Å²) in [7, 11) is 0. The molecule has 0 aromatic heterocycles. The number of ether oxygens (including phenoxy) is 1. The first-order valence-corrected chi connectivity index (χ1v) is 8.57. The van der Waals surface area contributed by atoms with Crippen LogP contribution in [0.3, 0.4) is 0 Å². The molecule has 124 valence electrons. The zero-order chi connectivity index (χ0) is 16.7. The third kappa shape index (κ3) is 5.11. The summed E-state index contributed by atoms with van der Waals surface area (Å²) in [5.41, 5.74) is 11.6. The SMILES string of the molecule is Cc1cc(C)c(C(CN)CCCCOc2ccccc2)c(C)c1. The molecule has 23 heavy (non-hydrogen) atoms. The van der Waals surface area contributed by atoms with Crippen LogP contribution in [0.2, 0.25) is 0 Å². The largest absolute Gasteiger partial charge is 0.494 e. The molecule has 2 rings (SSSR count). The predicted molar refractivity (Wildman–Crippen MR) is 98.2 cm³/mol. The number of para-hydroxylation sites is 1. The highest BCUT2D eigenvalue weighted by Gasteiger charge is 2.15. The standard InChI is InChI=1S/C21H29NO/c1-16-13-17(2)21(18(3)14-16)19(15-22)9-7-8-12-23-20-10-5-4-6-11-20/h4-6,10-11,13-14,19H,7-9,12,15,22H2,1-3H3. The van der Waals surface area contributed by atoms with E-state index in [2.05, 4.69) is 32.9 Å². The van der Waals surface area contributed by atoms with E-state index in [4.69, 9.17) is 10.5 Å². The van der Waals surface area contributed by atoms with E-state index in [1.54, 1.807) is 0 Å². The van der Waals surface area contributed by atoms with Gasteiger partial charge in [0.25, 0.3) is 0 Å². The van der Waals surface area contributed by atoms with Crippen LogP contribution in [0.4, 0.5) is 0 Å². The molecular formula is C21H29NO. The van der Waals surface area contributed by atoms with Gasteiger partial charge < -0.3 is 10.5 Å². The van der Waals surface area contributed by atoms with Crippen molar-refractivity contribution >= 4 is 0 Å². The Labute approximate surface area is 140 Å². The van der Waals surface area contributed by atoms with Crippen LogP contribution in [-0.2, 0) is 0 Å². The second-order valence-electron chi connectivity index (χ2n) is 6.40. The third-order valence-corrected chi connectivity index (χ3v) is 4.39. The number of benzene rings is 2. The molecule has 0 radical (unpaired) electrons. The van der Waals surface area contributed by atoms with Gasteiger partial charge in [-0.3, -0.25) is 0 Å². The van der Waals surface area contributed by atoms with E-state index in [1.807, 2.05) is 30.3 Å². The maximum Gasteiger partial charge on any atom is 0.119 e. The molecule has 1 atom stereocenters. The molecule has 0 fully saturated rings. The normalized spacial score (nSPS) is 12.2. The van der Waals surface area contributed by atoms with Crippen molar-refractivity contribution in [2.75, 3.05) is 13.2 Å². The highest BCUT2D eigenvalue weighted by molar-refractivity contribution is 5.40. The molecule has 1 unspecified atom stereocenters. The smallest absolute Gasteiger partial charge is 0.119 e. The molecule has 2 nitrogen and oxygen atoms in total. The van der Waals surface area contributed by atoms with Gasteiger partial charge in [-0.05, 0) is 81.3 Å². The first-order valence-electron chi connectivity index (χ1n) is 8.57. The Kier molecular flexibility index (Phi) is 6.66.